The molecule has 0 aromatic carbocycles. The van der Waals surface area contributed by atoms with Crippen LogP contribution in [0.15, 0.2) is 0 Å². The quantitative estimate of drug-likeness (QED) is 0.794. The van der Waals surface area contributed by atoms with Crippen molar-refractivity contribution in [1.29, 1.82) is 0 Å². The molecule has 1 saturated carbocycles. The van der Waals surface area contributed by atoms with Crippen LogP contribution in [0.25, 0.3) is 0 Å². The van der Waals surface area contributed by atoms with Crippen molar-refractivity contribution in [2.75, 3.05) is 46.4 Å². The van der Waals surface area contributed by atoms with Crippen LogP contribution < -0.4 is 0 Å². The van der Waals surface area contributed by atoms with Crippen LogP contribution in [0, 0.1) is 0 Å². The van der Waals surface area contributed by atoms with E-state index in [4.69, 9.17) is 4.74 Å². The van der Waals surface area contributed by atoms with E-state index in [1.165, 1.54) is 32.1 Å². The number of hydrogen-bond donors (Lipinski definition) is 1. The highest BCUT2D eigenvalue weighted by Gasteiger charge is 2.19. The van der Waals surface area contributed by atoms with Crippen LogP contribution in [0.4, 0.5) is 0 Å². The van der Waals surface area contributed by atoms with E-state index < -0.39 is 0 Å². The minimum atomic E-state index is -0.324. The normalized spacial score (nSPS) is 26.3. The molecule has 0 amide bonds. The van der Waals surface area contributed by atoms with Gasteiger partial charge in [0.1, 0.15) is 0 Å². The Balaban J connectivity index is 1.58. The largest absolute Gasteiger partial charge is 0.389 e. The van der Waals surface area contributed by atoms with Gasteiger partial charge in [-0.15, -0.1) is 0 Å². The number of nitrogens with zero attached hydrogens (tertiary/aromatic N) is 2. The molecule has 18 heavy (non-hydrogen) atoms. The second kappa shape index (κ2) is 7.43. The first-order valence-corrected chi connectivity index (χ1v) is 7.44. The summed E-state index contributed by atoms with van der Waals surface area (Å²) >= 11 is 0. The number of aliphatic hydroxyl groups excluding tert-OH is 1. The Hall–Kier alpha value is -0.160. The predicted octanol–water partition coefficient (Wildman–Crippen LogP) is 0.944. The molecule has 0 unspecified atom stereocenters. The van der Waals surface area contributed by atoms with Gasteiger partial charge in [-0.1, -0.05) is 19.3 Å². The zero-order valence-electron chi connectivity index (χ0n) is 11.7. The fourth-order valence-corrected chi connectivity index (χ4v) is 2.86. The molecule has 1 atom stereocenters. The highest BCUT2D eigenvalue weighted by Crippen LogP contribution is 2.20. The maximum absolute atomic E-state index is 10.0. The van der Waals surface area contributed by atoms with Crippen molar-refractivity contribution in [2.24, 2.45) is 0 Å². The number of aliphatic hydroxyl groups is 1. The van der Waals surface area contributed by atoms with Gasteiger partial charge in [0, 0.05) is 32.7 Å². The lowest BCUT2D eigenvalue weighted by Crippen LogP contribution is -2.47. The molecular formula is C14H28N2O2. The number of ether oxygens (including phenoxy) is 1. The summed E-state index contributed by atoms with van der Waals surface area (Å²) in [5.74, 6) is 0. The second-order valence-corrected chi connectivity index (χ2v) is 5.85. The Bertz CT molecular complexity index is 224. The van der Waals surface area contributed by atoms with Gasteiger partial charge < -0.3 is 14.7 Å². The molecule has 2 fully saturated rings. The number of hydrogen-bond acceptors (Lipinski definition) is 4. The lowest BCUT2D eigenvalue weighted by atomic mass is 9.98. The molecule has 2 aliphatic rings. The lowest BCUT2D eigenvalue weighted by Gasteiger charge is -2.33. The van der Waals surface area contributed by atoms with E-state index in [0.29, 0.717) is 12.7 Å². The zero-order valence-corrected chi connectivity index (χ0v) is 11.7. The van der Waals surface area contributed by atoms with Crippen molar-refractivity contribution in [3.8, 4) is 0 Å². The van der Waals surface area contributed by atoms with Crippen molar-refractivity contribution < 1.29 is 9.84 Å². The van der Waals surface area contributed by atoms with Gasteiger partial charge in [-0.3, -0.25) is 4.90 Å². The Morgan fingerprint density at radius 2 is 1.78 bits per heavy atom. The summed E-state index contributed by atoms with van der Waals surface area (Å²) in [7, 11) is 2.15. The van der Waals surface area contributed by atoms with E-state index in [1.807, 2.05) is 0 Å². The van der Waals surface area contributed by atoms with Crippen LogP contribution in [0.5, 0.6) is 0 Å². The third kappa shape index (κ3) is 4.84. The highest BCUT2D eigenvalue weighted by atomic mass is 16.5. The van der Waals surface area contributed by atoms with Gasteiger partial charge >= 0.3 is 0 Å². The first-order chi connectivity index (χ1) is 8.74. The average molecular weight is 256 g/mol. The van der Waals surface area contributed by atoms with Crippen LogP contribution in [0.1, 0.15) is 32.1 Å². The first-order valence-electron chi connectivity index (χ1n) is 7.44. The number of β-amino-alcohol motifs (C(OH)–C–C–N with tert-alkyl or cyclic N) is 1. The van der Waals surface area contributed by atoms with Crippen molar-refractivity contribution >= 4 is 0 Å². The van der Waals surface area contributed by atoms with Crippen molar-refractivity contribution in [1.82, 2.24) is 9.80 Å². The molecule has 106 valence electrons. The van der Waals surface area contributed by atoms with Gasteiger partial charge in [0.2, 0.25) is 0 Å². The minimum absolute atomic E-state index is 0.324. The van der Waals surface area contributed by atoms with Crippen LogP contribution in [-0.2, 0) is 4.74 Å². The van der Waals surface area contributed by atoms with Crippen molar-refractivity contribution in [3.63, 3.8) is 0 Å². The van der Waals surface area contributed by atoms with Crippen molar-refractivity contribution in [2.45, 2.75) is 44.3 Å². The van der Waals surface area contributed by atoms with Gasteiger partial charge in [-0.25, -0.2) is 0 Å². The summed E-state index contributed by atoms with van der Waals surface area (Å²) in [4.78, 5) is 4.68. The topological polar surface area (TPSA) is 35.9 Å². The smallest absolute Gasteiger partial charge is 0.0900 e. The Kier molecular flexibility index (Phi) is 5.89. The van der Waals surface area contributed by atoms with Crippen LogP contribution in [0.3, 0.4) is 0 Å². The third-order valence-electron chi connectivity index (χ3n) is 4.14. The molecule has 0 aromatic rings. The molecular weight excluding hydrogens is 228 g/mol. The van der Waals surface area contributed by atoms with E-state index in [9.17, 15) is 5.11 Å². The first kappa shape index (κ1) is 14.3. The van der Waals surface area contributed by atoms with Gasteiger partial charge in [-0.05, 0) is 19.9 Å². The molecule has 2 rings (SSSR count). The molecule has 0 bridgehead atoms. The highest BCUT2D eigenvalue weighted by molar-refractivity contribution is 4.73. The molecule has 4 heteroatoms. The van der Waals surface area contributed by atoms with E-state index >= 15 is 0 Å². The summed E-state index contributed by atoms with van der Waals surface area (Å²) < 4.78 is 5.82. The molecule has 4 nitrogen and oxygen atoms in total. The molecule has 0 radical (unpaired) electrons. The summed E-state index contributed by atoms with van der Waals surface area (Å²) in [5, 5.41) is 10.0. The SMILES string of the molecule is CN1CCN(C[C@H](O)COC2CCCCC2)CC1. The monoisotopic (exact) mass is 256 g/mol. The molecule has 1 N–H and O–H groups in total. The van der Waals surface area contributed by atoms with E-state index in [0.717, 1.165) is 32.7 Å². The van der Waals surface area contributed by atoms with Gasteiger partial charge in [0.05, 0.1) is 18.8 Å². The molecule has 1 aliphatic carbocycles. The fourth-order valence-electron chi connectivity index (χ4n) is 2.86. The minimum Gasteiger partial charge on any atom is -0.389 e. The second-order valence-electron chi connectivity index (χ2n) is 5.85. The number of piperazine rings is 1. The number of likely N-dealkylation sites (N-methyl/N-ethyl adjacent to an activating group) is 1. The maximum Gasteiger partial charge on any atom is 0.0900 e. The van der Waals surface area contributed by atoms with Crippen LogP contribution in [-0.4, -0.2) is 73.5 Å². The van der Waals surface area contributed by atoms with E-state index in [2.05, 4.69) is 16.8 Å². The summed E-state index contributed by atoms with van der Waals surface area (Å²) in [6, 6.07) is 0. The fraction of sp³-hybridized carbons (Fsp3) is 1.00. The molecule has 0 spiro atoms. The third-order valence-corrected chi connectivity index (χ3v) is 4.14. The summed E-state index contributed by atoms with van der Waals surface area (Å²) in [6.07, 6.45) is 6.38. The Morgan fingerprint density at radius 1 is 1.11 bits per heavy atom. The van der Waals surface area contributed by atoms with Crippen LogP contribution in [0.2, 0.25) is 0 Å². The van der Waals surface area contributed by atoms with Crippen LogP contribution >= 0.6 is 0 Å². The predicted molar refractivity (Wildman–Crippen MR) is 72.8 cm³/mol. The van der Waals surface area contributed by atoms with Gasteiger partial charge in [0.25, 0.3) is 0 Å². The standard InChI is InChI=1S/C14H28N2O2/c1-15-7-9-16(10-8-15)11-13(17)12-18-14-5-3-2-4-6-14/h13-14,17H,2-12H2,1H3/t13-/m0/s1. The number of rotatable bonds is 5. The van der Waals surface area contributed by atoms with Gasteiger partial charge in [-0.2, -0.15) is 0 Å². The molecule has 1 saturated heterocycles. The lowest BCUT2D eigenvalue weighted by molar-refractivity contribution is -0.0363. The van der Waals surface area contributed by atoms with E-state index in [-0.39, 0.29) is 6.10 Å². The Morgan fingerprint density at radius 3 is 2.44 bits per heavy atom. The zero-order chi connectivity index (χ0) is 12.8. The molecule has 0 aromatic heterocycles. The maximum atomic E-state index is 10.0. The Labute approximate surface area is 111 Å². The van der Waals surface area contributed by atoms with Gasteiger partial charge in [0.15, 0.2) is 0 Å². The molecule has 1 aliphatic heterocycles. The molecule has 1 heterocycles. The summed E-state index contributed by atoms with van der Waals surface area (Å²) in [5.41, 5.74) is 0. The summed E-state index contributed by atoms with van der Waals surface area (Å²) in [6.45, 7) is 5.62. The van der Waals surface area contributed by atoms with E-state index in [1.54, 1.807) is 0 Å². The average Bonchev–Trinajstić information content (AvgIpc) is 2.40. The van der Waals surface area contributed by atoms with Crippen molar-refractivity contribution in [3.05, 3.63) is 0 Å².